The van der Waals surface area contributed by atoms with Crippen molar-refractivity contribution in [2.24, 2.45) is 0 Å². The van der Waals surface area contributed by atoms with Crippen molar-refractivity contribution in [1.82, 2.24) is 9.88 Å². The molecule has 3 rings (SSSR count). The second-order valence-electron chi connectivity index (χ2n) is 6.36. The largest absolute Gasteiger partial charge is 0.354 e. The van der Waals surface area contributed by atoms with E-state index in [0.29, 0.717) is 23.7 Å². The summed E-state index contributed by atoms with van der Waals surface area (Å²) in [6.07, 6.45) is 3.29. The molecule has 0 fully saturated rings. The molecule has 0 saturated carbocycles. The number of benzene rings is 2. The number of aryl methyl sites for hydroxylation is 1. The number of rotatable bonds is 6. The number of halogens is 1. The fourth-order valence-electron chi connectivity index (χ4n) is 2.78. The number of carbonyl (C=O) groups excluding carboxylic acids is 1. The molecule has 3 aromatic rings. The van der Waals surface area contributed by atoms with E-state index in [9.17, 15) is 4.79 Å². The van der Waals surface area contributed by atoms with Crippen molar-refractivity contribution in [3.05, 3.63) is 88.7 Å². The molecule has 1 aromatic heterocycles. The highest BCUT2D eigenvalue weighted by atomic mass is 35.5. The SMILES string of the molecule is CCN(Cc1ccccc1)C(=O)c1cncc(Nc2ccc(C)c(Cl)c2)c1. The zero-order valence-electron chi connectivity index (χ0n) is 15.4. The standard InChI is InChI=1S/C22H22ClN3O/c1-3-26(15-17-7-5-4-6-8-17)22(27)18-11-20(14-24-13-18)25-19-10-9-16(2)21(23)12-19/h4-14,25H,3,15H2,1-2H3. The Morgan fingerprint density at radius 1 is 1.07 bits per heavy atom. The van der Waals surface area contributed by atoms with Gasteiger partial charge in [0.25, 0.3) is 5.91 Å². The molecular formula is C22H22ClN3O. The summed E-state index contributed by atoms with van der Waals surface area (Å²) in [5, 5.41) is 3.95. The van der Waals surface area contributed by atoms with Gasteiger partial charge in [-0.2, -0.15) is 0 Å². The van der Waals surface area contributed by atoms with E-state index in [2.05, 4.69) is 10.3 Å². The molecule has 138 valence electrons. The van der Waals surface area contributed by atoms with E-state index in [1.807, 2.05) is 68.4 Å². The molecule has 5 heteroatoms. The highest BCUT2D eigenvalue weighted by molar-refractivity contribution is 6.31. The zero-order valence-corrected chi connectivity index (χ0v) is 16.2. The number of carbonyl (C=O) groups is 1. The zero-order chi connectivity index (χ0) is 19.2. The van der Waals surface area contributed by atoms with Crippen LogP contribution in [0.25, 0.3) is 0 Å². The number of pyridine rings is 1. The van der Waals surface area contributed by atoms with Crippen LogP contribution in [0.2, 0.25) is 5.02 Å². The molecule has 4 nitrogen and oxygen atoms in total. The van der Waals surface area contributed by atoms with Crippen LogP contribution in [0.15, 0.2) is 67.0 Å². The summed E-state index contributed by atoms with van der Waals surface area (Å²) in [4.78, 5) is 18.9. The number of aromatic nitrogens is 1. The lowest BCUT2D eigenvalue weighted by molar-refractivity contribution is 0.0752. The molecule has 2 aromatic carbocycles. The summed E-state index contributed by atoms with van der Waals surface area (Å²) in [6, 6.07) is 17.5. The molecule has 0 saturated heterocycles. The van der Waals surface area contributed by atoms with Crippen molar-refractivity contribution in [1.29, 1.82) is 0 Å². The maximum Gasteiger partial charge on any atom is 0.255 e. The van der Waals surface area contributed by atoms with E-state index in [-0.39, 0.29) is 5.91 Å². The van der Waals surface area contributed by atoms with Gasteiger partial charge in [-0.15, -0.1) is 0 Å². The molecule has 1 N–H and O–H groups in total. The molecule has 1 amide bonds. The van der Waals surface area contributed by atoms with Gasteiger partial charge in [-0.05, 0) is 43.2 Å². The molecule has 0 bridgehead atoms. The first-order chi connectivity index (χ1) is 13.1. The maximum absolute atomic E-state index is 12.9. The minimum atomic E-state index is -0.0422. The van der Waals surface area contributed by atoms with Crippen LogP contribution in [0.3, 0.4) is 0 Å². The first kappa shape index (κ1) is 18.9. The third kappa shape index (κ3) is 4.86. The quantitative estimate of drug-likeness (QED) is 0.619. The second-order valence-corrected chi connectivity index (χ2v) is 6.76. The summed E-state index contributed by atoms with van der Waals surface area (Å²) < 4.78 is 0. The Kier molecular flexibility index (Phi) is 6.09. The highest BCUT2D eigenvalue weighted by Crippen LogP contribution is 2.23. The minimum absolute atomic E-state index is 0.0422. The average Bonchev–Trinajstić information content (AvgIpc) is 2.69. The van der Waals surface area contributed by atoms with Crippen LogP contribution in [0.4, 0.5) is 11.4 Å². The van der Waals surface area contributed by atoms with Crippen LogP contribution in [-0.4, -0.2) is 22.3 Å². The van der Waals surface area contributed by atoms with Crippen molar-refractivity contribution in [3.8, 4) is 0 Å². The van der Waals surface area contributed by atoms with Crippen LogP contribution in [0.5, 0.6) is 0 Å². The van der Waals surface area contributed by atoms with Gasteiger partial charge in [-0.1, -0.05) is 48.0 Å². The van der Waals surface area contributed by atoms with E-state index in [1.54, 1.807) is 17.3 Å². The van der Waals surface area contributed by atoms with Gasteiger partial charge in [-0.3, -0.25) is 9.78 Å². The van der Waals surface area contributed by atoms with Crippen LogP contribution in [-0.2, 0) is 6.54 Å². The summed E-state index contributed by atoms with van der Waals surface area (Å²) in [5.41, 5.74) is 4.27. The van der Waals surface area contributed by atoms with Gasteiger partial charge in [0.1, 0.15) is 0 Å². The number of hydrogen-bond acceptors (Lipinski definition) is 3. The third-order valence-electron chi connectivity index (χ3n) is 4.33. The molecule has 0 unspecified atom stereocenters. The molecule has 0 spiro atoms. The Bertz CT molecular complexity index is 928. The molecule has 1 heterocycles. The lowest BCUT2D eigenvalue weighted by Gasteiger charge is -2.21. The van der Waals surface area contributed by atoms with Crippen molar-refractivity contribution < 1.29 is 4.79 Å². The predicted molar refractivity (Wildman–Crippen MR) is 111 cm³/mol. The Balaban J connectivity index is 1.76. The van der Waals surface area contributed by atoms with E-state index >= 15 is 0 Å². The van der Waals surface area contributed by atoms with Crippen molar-refractivity contribution in [3.63, 3.8) is 0 Å². The Morgan fingerprint density at radius 2 is 1.85 bits per heavy atom. The average molecular weight is 380 g/mol. The summed E-state index contributed by atoms with van der Waals surface area (Å²) in [7, 11) is 0. The van der Waals surface area contributed by atoms with E-state index in [1.165, 1.54) is 0 Å². The van der Waals surface area contributed by atoms with Crippen LogP contribution in [0, 0.1) is 6.92 Å². The van der Waals surface area contributed by atoms with E-state index in [4.69, 9.17) is 11.6 Å². The van der Waals surface area contributed by atoms with Crippen LogP contribution < -0.4 is 5.32 Å². The molecular weight excluding hydrogens is 358 g/mol. The molecule has 0 aliphatic carbocycles. The molecule has 27 heavy (non-hydrogen) atoms. The molecule has 0 aliphatic heterocycles. The topological polar surface area (TPSA) is 45.2 Å². The third-order valence-corrected chi connectivity index (χ3v) is 4.74. The lowest BCUT2D eigenvalue weighted by Crippen LogP contribution is -2.30. The number of nitrogens with one attached hydrogen (secondary N) is 1. The van der Waals surface area contributed by atoms with Crippen LogP contribution in [0.1, 0.15) is 28.4 Å². The van der Waals surface area contributed by atoms with Gasteiger partial charge in [0.2, 0.25) is 0 Å². The van der Waals surface area contributed by atoms with Gasteiger partial charge in [0, 0.05) is 30.0 Å². The van der Waals surface area contributed by atoms with Gasteiger partial charge in [-0.25, -0.2) is 0 Å². The Labute approximate surface area is 164 Å². The fourth-order valence-corrected chi connectivity index (χ4v) is 2.96. The first-order valence-corrected chi connectivity index (χ1v) is 9.26. The van der Waals surface area contributed by atoms with E-state index in [0.717, 1.165) is 22.5 Å². The smallest absolute Gasteiger partial charge is 0.255 e. The normalized spacial score (nSPS) is 10.5. The Morgan fingerprint density at radius 3 is 2.56 bits per heavy atom. The highest BCUT2D eigenvalue weighted by Gasteiger charge is 2.15. The lowest BCUT2D eigenvalue weighted by atomic mass is 10.1. The van der Waals surface area contributed by atoms with Gasteiger partial charge >= 0.3 is 0 Å². The second kappa shape index (κ2) is 8.69. The van der Waals surface area contributed by atoms with Crippen molar-refractivity contribution in [2.75, 3.05) is 11.9 Å². The summed E-state index contributed by atoms with van der Waals surface area (Å²) >= 11 is 6.18. The van der Waals surface area contributed by atoms with E-state index < -0.39 is 0 Å². The summed E-state index contributed by atoms with van der Waals surface area (Å²) in [5.74, 6) is -0.0422. The predicted octanol–water partition coefficient (Wildman–Crippen LogP) is 5.45. The number of nitrogens with zero attached hydrogens (tertiary/aromatic N) is 2. The molecule has 0 radical (unpaired) electrons. The number of hydrogen-bond donors (Lipinski definition) is 1. The monoisotopic (exact) mass is 379 g/mol. The molecule has 0 aliphatic rings. The summed E-state index contributed by atoms with van der Waals surface area (Å²) in [6.45, 7) is 5.13. The maximum atomic E-state index is 12.9. The van der Waals surface area contributed by atoms with Gasteiger partial charge in [0.05, 0.1) is 17.4 Å². The van der Waals surface area contributed by atoms with Crippen molar-refractivity contribution in [2.45, 2.75) is 20.4 Å². The number of anilines is 2. The fraction of sp³-hybridized carbons (Fsp3) is 0.182. The van der Waals surface area contributed by atoms with Crippen LogP contribution >= 0.6 is 11.6 Å². The minimum Gasteiger partial charge on any atom is -0.354 e. The molecule has 0 atom stereocenters. The first-order valence-electron chi connectivity index (χ1n) is 8.88. The van der Waals surface area contributed by atoms with Gasteiger partial charge in [0.15, 0.2) is 0 Å². The Hall–Kier alpha value is -2.85. The van der Waals surface area contributed by atoms with Gasteiger partial charge < -0.3 is 10.2 Å². The van der Waals surface area contributed by atoms with Crippen molar-refractivity contribution >= 4 is 28.9 Å². The number of amides is 1.